The van der Waals surface area contributed by atoms with E-state index in [0.717, 1.165) is 0 Å². The van der Waals surface area contributed by atoms with E-state index in [2.05, 4.69) is 10.6 Å². The van der Waals surface area contributed by atoms with Crippen LogP contribution in [0.25, 0.3) is 0 Å². The Bertz CT molecular complexity index is 874. The highest BCUT2D eigenvalue weighted by Gasteiger charge is 2.19. The molecule has 0 bridgehead atoms. The minimum Gasteiger partial charge on any atom is -0.497 e. The van der Waals surface area contributed by atoms with Crippen LogP contribution in [0.4, 0.5) is 5.69 Å². The Balaban J connectivity index is 1.85. The van der Waals surface area contributed by atoms with Crippen molar-refractivity contribution in [2.45, 2.75) is 13.0 Å². The van der Waals surface area contributed by atoms with Crippen molar-refractivity contribution in [3.8, 4) is 17.2 Å². The van der Waals surface area contributed by atoms with E-state index in [0.29, 0.717) is 22.9 Å². The van der Waals surface area contributed by atoms with Crippen LogP contribution >= 0.6 is 0 Å². The second-order valence-electron chi connectivity index (χ2n) is 6.13. The van der Waals surface area contributed by atoms with Crippen molar-refractivity contribution in [2.75, 3.05) is 33.2 Å². The summed E-state index contributed by atoms with van der Waals surface area (Å²) in [5.74, 6) is -0.249. The van der Waals surface area contributed by atoms with Gasteiger partial charge in [-0.15, -0.1) is 0 Å². The van der Waals surface area contributed by atoms with Crippen molar-refractivity contribution < 1.29 is 33.3 Å². The zero-order valence-corrected chi connectivity index (χ0v) is 17.2. The Hall–Kier alpha value is -3.75. The molecule has 0 spiro atoms. The van der Waals surface area contributed by atoms with Gasteiger partial charge in [-0.2, -0.15) is 0 Å². The van der Waals surface area contributed by atoms with E-state index in [1.54, 1.807) is 37.4 Å². The zero-order chi connectivity index (χ0) is 22.1. The molecule has 160 valence electrons. The molecule has 9 nitrogen and oxygen atoms in total. The quantitative estimate of drug-likeness (QED) is 0.602. The molecule has 9 heteroatoms. The molecule has 2 rings (SSSR count). The van der Waals surface area contributed by atoms with Gasteiger partial charge >= 0.3 is 5.97 Å². The molecule has 2 N–H and O–H groups in total. The maximum absolute atomic E-state index is 12.3. The van der Waals surface area contributed by atoms with E-state index in [-0.39, 0.29) is 5.56 Å². The highest BCUT2D eigenvalue weighted by molar-refractivity contribution is 5.97. The molecule has 0 radical (unpaired) electrons. The van der Waals surface area contributed by atoms with Gasteiger partial charge in [-0.1, -0.05) is 0 Å². The number of benzene rings is 2. The van der Waals surface area contributed by atoms with Crippen molar-refractivity contribution in [1.29, 1.82) is 0 Å². The van der Waals surface area contributed by atoms with Crippen LogP contribution in [0.15, 0.2) is 42.5 Å². The smallest absolute Gasteiger partial charge is 0.326 e. The molecular formula is C21H24N2O7. The van der Waals surface area contributed by atoms with Crippen LogP contribution in [-0.2, 0) is 14.3 Å². The van der Waals surface area contributed by atoms with Gasteiger partial charge in [0, 0.05) is 17.3 Å². The number of carbonyl (C=O) groups excluding carboxylic acids is 3. The van der Waals surface area contributed by atoms with Gasteiger partial charge in [-0.05, 0) is 43.3 Å². The Morgan fingerprint density at radius 1 is 0.867 bits per heavy atom. The number of hydrogen-bond acceptors (Lipinski definition) is 7. The highest BCUT2D eigenvalue weighted by Crippen LogP contribution is 2.22. The molecule has 0 saturated heterocycles. The van der Waals surface area contributed by atoms with E-state index < -0.39 is 30.4 Å². The second-order valence-corrected chi connectivity index (χ2v) is 6.13. The van der Waals surface area contributed by atoms with Crippen LogP contribution in [0.5, 0.6) is 17.2 Å². The van der Waals surface area contributed by atoms with E-state index in [4.69, 9.17) is 18.9 Å². The minimum absolute atomic E-state index is 0.254. The first-order valence-corrected chi connectivity index (χ1v) is 9.02. The van der Waals surface area contributed by atoms with Gasteiger partial charge in [0.25, 0.3) is 11.8 Å². The second kappa shape index (κ2) is 10.7. The van der Waals surface area contributed by atoms with Crippen LogP contribution in [0.1, 0.15) is 17.3 Å². The average molecular weight is 416 g/mol. The largest absolute Gasteiger partial charge is 0.497 e. The molecule has 0 unspecified atom stereocenters. The molecular weight excluding hydrogens is 392 g/mol. The number of nitrogens with one attached hydrogen (secondary N) is 2. The van der Waals surface area contributed by atoms with E-state index >= 15 is 0 Å². The summed E-state index contributed by atoms with van der Waals surface area (Å²) >= 11 is 0. The van der Waals surface area contributed by atoms with Crippen LogP contribution in [0.2, 0.25) is 0 Å². The van der Waals surface area contributed by atoms with Gasteiger partial charge in [0.15, 0.2) is 6.10 Å². The summed E-state index contributed by atoms with van der Waals surface area (Å²) in [4.78, 5) is 36.4. The first kappa shape index (κ1) is 22.5. The Morgan fingerprint density at radius 2 is 1.43 bits per heavy atom. The lowest BCUT2D eigenvalue weighted by atomic mass is 10.2. The third kappa shape index (κ3) is 6.40. The third-order valence-electron chi connectivity index (χ3n) is 4.04. The summed E-state index contributed by atoms with van der Waals surface area (Å²) in [5.41, 5.74) is 0.785. The fourth-order valence-electron chi connectivity index (χ4n) is 2.40. The Morgan fingerprint density at radius 3 is 1.97 bits per heavy atom. The molecule has 0 heterocycles. The number of rotatable bonds is 9. The van der Waals surface area contributed by atoms with Gasteiger partial charge in [0.2, 0.25) is 0 Å². The molecule has 2 aromatic carbocycles. The first-order chi connectivity index (χ1) is 14.4. The monoisotopic (exact) mass is 416 g/mol. The summed E-state index contributed by atoms with van der Waals surface area (Å²) in [7, 11) is 4.47. The standard InChI is InChI=1S/C21H24N2O7/c1-13(20(25)23-15-5-7-16(27-2)8-6-15)30-19(24)12-22-21(26)14-9-17(28-3)11-18(10-14)29-4/h5-11,13H,12H2,1-4H3,(H,22,26)(H,23,25)/t13-/m1/s1. The lowest BCUT2D eigenvalue weighted by Crippen LogP contribution is -2.35. The van der Waals surface area contributed by atoms with Gasteiger partial charge in [-0.3, -0.25) is 14.4 Å². The molecule has 1 atom stereocenters. The summed E-state index contributed by atoms with van der Waals surface area (Å²) in [6.45, 7) is 1.03. The summed E-state index contributed by atoms with van der Waals surface area (Å²) in [6.07, 6.45) is -1.05. The van der Waals surface area contributed by atoms with Gasteiger partial charge in [0.1, 0.15) is 23.8 Å². The minimum atomic E-state index is -1.05. The zero-order valence-electron chi connectivity index (χ0n) is 17.2. The fourth-order valence-corrected chi connectivity index (χ4v) is 2.40. The number of ether oxygens (including phenoxy) is 4. The molecule has 0 aliphatic carbocycles. The molecule has 0 aliphatic heterocycles. The maximum atomic E-state index is 12.3. The predicted octanol–water partition coefficient (Wildman–Crippen LogP) is 2.01. The van der Waals surface area contributed by atoms with E-state index in [1.165, 1.54) is 33.3 Å². The number of carbonyl (C=O) groups is 3. The lowest BCUT2D eigenvalue weighted by molar-refractivity contribution is -0.152. The van der Waals surface area contributed by atoms with Crippen molar-refractivity contribution in [2.24, 2.45) is 0 Å². The SMILES string of the molecule is COc1ccc(NC(=O)[C@@H](C)OC(=O)CNC(=O)c2cc(OC)cc(OC)c2)cc1. The molecule has 30 heavy (non-hydrogen) atoms. The van der Waals surface area contributed by atoms with Crippen molar-refractivity contribution in [3.63, 3.8) is 0 Å². The molecule has 0 fully saturated rings. The normalized spacial score (nSPS) is 11.1. The van der Waals surface area contributed by atoms with Crippen LogP contribution in [0.3, 0.4) is 0 Å². The predicted molar refractivity (Wildman–Crippen MR) is 109 cm³/mol. The molecule has 2 amide bonds. The number of hydrogen-bond donors (Lipinski definition) is 2. The number of methoxy groups -OCH3 is 3. The van der Waals surface area contributed by atoms with Gasteiger partial charge in [-0.25, -0.2) is 0 Å². The van der Waals surface area contributed by atoms with Crippen molar-refractivity contribution in [1.82, 2.24) is 5.32 Å². The number of esters is 1. The first-order valence-electron chi connectivity index (χ1n) is 9.02. The fraction of sp³-hybridized carbons (Fsp3) is 0.286. The van der Waals surface area contributed by atoms with Crippen LogP contribution < -0.4 is 24.8 Å². The van der Waals surface area contributed by atoms with E-state index in [9.17, 15) is 14.4 Å². The maximum Gasteiger partial charge on any atom is 0.326 e. The van der Waals surface area contributed by atoms with Crippen LogP contribution in [-0.4, -0.2) is 51.8 Å². The lowest BCUT2D eigenvalue weighted by Gasteiger charge is -2.14. The summed E-state index contributed by atoms with van der Waals surface area (Å²) in [6, 6.07) is 11.3. The van der Waals surface area contributed by atoms with Gasteiger partial charge in [0.05, 0.1) is 21.3 Å². The van der Waals surface area contributed by atoms with Crippen LogP contribution in [0, 0.1) is 0 Å². The Labute approximate surface area is 174 Å². The molecule has 0 saturated carbocycles. The number of amides is 2. The third-order valence-corrected chi connectivity index (χ3v) is 4.04. The summed E-state index contributed by atoms with van der Waals surface area (Å²) < 4.78 is 20.3. The van der Waals surface area contributed by atoms with Crippen molar-refractivity contribution in [3.05, 3.63) is 48.0 Å². The molecule has 2 aromatic rings. The molecule has 0 aromatic heterocycles. The Kier molecular flexibility index (Phi) is 8.04. The molecule has 0 aliphatic rings. The van der Waals surface area contributed by atoms with E-state index in [1.807, 2.05) is 0 Å². The highest BCUT2D eigenvalue weighted by atomic mass is 16.5. The number of anilines is 1. The average Bonchev–Trinajstić information content (AvgIpc) is 2.77. The summed E-state index contributed by atoms with van der Waals surface area (Å²) in [5, 5.41) is 5.07. The van der Waals surface area contributed by atoms with Gasteiger partial charge < -0.3 is 29.6 Å². The van der Waals surface area contributed by atoms with Crippen molar-refractivity contribution >= 4 is 23.5 Å². The topological polar surface area (TPSA) is 112 Å².